The van der Waals surface area contributed by atoms with Gasteiger partial charge in [-0.3, -0.25) is 4.40 Å². The first-order chi connectivity index (χ1) is 6.70. The van der Waals surface area contributed by atoms with Crippen LogP contribution in [0.25, 0.3) is 5.65 Å². The largest absolute Gasteiger partial charge is 0.286 e. The number of fused-ring (bicyclic) bond motifs is 1. The van der Waals surface area contributed by atoms with Crippen molar-refractivity contribution in [3.63, 3.8) is 0 Å². The minimum atomic E-state index is 0.437. The Bertz CT molecular complexity index is 431. The Kier molecular flexibility index (Phi) is 2.23. The number of pyridine rings is 1. The molecule has 2 heterocycles. The maximum atomic E-state index is 4.23. The summed E-state index contributed by atoms with van der Waals surface area (Å²) in [6.07, 6.45) is 2.02. The lowest BCUT2D eigenvalue weighted by Gasteiger charge is -2.12. The van der Waals surface area contributed by atoms with Crippen LogP contribution in [-0.2, 0) is 0 Å². The molecule has 0 aliphatic carbocycles. The Labute approximate surface area is 83.8 Å². The normalized spacial score (nSPS) is 13.7. The summed E-state index contributed by atoms with van der Waals surface area (Å²) in [5.74, 6) is 2.07. The Hall–Kier alpha value is -1.38. The summed E-state index contributed by atoms with van der Waals surface area (Å²) < 4.78 is 2.06. The summed E-state index contributed by atoms with van der Waals surface area (Å²) in [4.78, 5) is 0. The van der Waals surface area contributed by atoms with Crippen LogP contribution in [0, 0.1) is 5.92 Å². The van der Waals surface area contributed by atoms with Gasteiger partial charge in [0, 0.05) is 12.1 Å². The first kappa shape index (κ1) is 9.19. The van der Waals surface area contributed by atoms with Gasteiger partial charge in [-0.25, -0.2) is 0 Å². The molecule has 1 unspecified atom stereocenters. The lowest BCUT2D eigenvalue weighted by molar-refractivity contribution is 0.506. The third-order valence-corrected chi connectivity index (χ3v) is 2.75. The summed E-state index contributed by atoms with van der Waals surface area (Å²) in [6, 6.07) is 5.96. The van der Waals surface area contributed by atoms with Gasteiger partial charge in [-0.05, 0) is 18.1 Å². The fourth-order valence-electron chi connectivity index (χ4n) is 1.47. The molecule has 0 aliphatic rings. The van der Waals surface area contributed by atoms with E-state index in [9.17, 15) is 0 Å². The van der Waals surface area contributed by atoms with Crippen LogP contribution in [0.1, 0.15) is 32.5 Å². The average molecular weight is 189 g/mol. The highest BCUT2D eigenvalue weighted by Crippen LogP contribution is 2.21. The first-order valence-electron chi connectivity index (χ1n) is 5.00. The van der Waals surface area contributed by atoms with Crippen LogP contribution in [0.5, 0.6) is 0 Å². The molecule has 0 radical (unpaired) electrons. The van der Waals surface area contributed by atoms with Crippen LogP contribution in [0.3, 0.4) is 0 Å². The van der Waals surface area contributed by atoms with E-state index < -0.39 is 0 Å². The van der Waals surface area contributed by atoms with Crippen LogP contribution in [0.15, 0.2) is 24.4 Å². The number of hydrogen-bond acceptors (Lipinski definition) is 2. The van der Waals surface area contributed by atoms with E-state index in [2.05, 4.69) is 35.4 Å². The number of hydrogen-bond donors (Lipinski definition) is 0. The number of rotatable bonds is 2. The van der Waals surface area contributed by atoms with Gasteiger partial charge in [0.05, 0.1) is 0 Å². The molecule has 2 aromatic heterocycles. The van der Waals surface area contributed by atoms with Gasteiger partial charge < -0.3 is 0 Å². The molecular formula is C11H15N3. The quantitative estimate of drug-likeness (QED) is 0.726. The lowest BCUT2D eigenvalue weighted by Crippen LogP contribution is -2.06. The van der Waals surface area contributed by atoms with Crippen molar-refractivity contribution in [2.45, 2.75) is 26.7 Å². The highest BCUT2D eigenvalue weighted by atomic mass is 15.2. The van der Waals surface area contributed by atoms with Crippen LogP contribution in [-0.4, -0.2) is 14.6 Å². The van der Waals surface area contributed by atoms with Crippen LogP contribution in [0.4, 0.5) is 0 Å². The highest BCUT2D eigenvalue weighted by molar-refractivity contribution is 5.37. The molecule has 1 atom stereocenters. The molecule has 0 aliphatic heterocycles. The van der Waals surface area contributed by atoms with Crippen LogP contribution < -0.4 is 0 Å². The van der Waals surface area contributed by atoms with Gasteiger partial charge in [-0.2, -0.15) is 0 Å². The molecule has 0 aromatic carbocycles. The van der Waals surface area contributed by atoms with Gasteiger partial charge in [0.25, 0.3) is 0 Å². The zero-order valence-electron chi connectivity index (χ0n) is 8.81. The first-order valence-corrected chi connectivity index (χ1v) is 5.00. The minimum absolute atomic E-state index is 0.437. The molecule has 0 spiro atoms. The van der Waals surface area contributed by atoms with Gasteiger partial charge in [0.15, 0.2) is 5.65 Å². The molecule has 14 heavy (non-hydrogen) atoms. The van der Waals surface area contributed by atoms with E-state index in [0.717, 1.165) is 11.5 Å². The van der Waals surface area contributed by atoms with Crippen molar-refractivity contribution in [1.82, 2.24) is 14.6 Å². The lowest BCUT2D eigenvalue weighted by atomic mass is 9.97. The molecular weight excluding hydrogens is 174 g/mol. The van der Waals surface area contributed by atoms with Gasteiger partial charge in [-0.1, -0.05) is 26.8 Å². The smallest absolute Gasteiger partial charge is 0.160 e. The highest BCUT2D eigenvalue weighted by Gasteiger charge is 2.15. The van der Waals surface area contributed by atoms with Crippen LogP contribution in [0.2, 0.25) is 0 Å². The maximum absolute atomic E-state index is 4.23. The molecule has 3 heteroatoms. The molecule has 3 nitrogen and oxygen atoms in total. The molecule has 0 saturated carbocycles. The summed E-state index contributed by atoms with van der Waals surface area (Å²) in [6.45, 7) is 6.59. The van der Waals surface area contributed by atoms with Crippen molar-refractivity contribution in [1.29, 1.82) is 0 Å². The summed E-state index contributed by atoms with van der Waals surface area (Å²) in [5, 5.41) is 8.36. The fourth-order valence-corrected chi connectivity index (χ4v) is 1.47. The van der Waals surface area contributed by atoms with E-state index in [1.54, 1.807) is 0 Å². The zero-order valence-corrected chi connectivity index (χ0v) is 8.81. The SMILES string of the molecule is CC(C)C(C)c1nnc2ccccn12. The van der Waals surface area contributed by atoms with Gasteiger partial charge in [0.2, 0.25) is 0 Å². The monoisotopic (exact) mass is 189 g/mol. The van der Waals surface area contributed by atoms with Crippen molar-refractivity contribution in [2.24, 2.45) is 5.92 Å². The number of nitrogens with zero attached hydrogens (tertiary/aromatic N) is 3. The molecule has 0 fully saturated rings. The van der Waals surface area contributed by atoms with Crippen molar-refractivity contribution in [3.8, 4) is 0 Å². The molecule has 0 saturated heterocycles. The minimum Gasteiger partial charge on any atom is -0.286 e. The van der Waals surface area contributed by atoms with Crippen molar-refractivity contribution >= 4 is 5.65 Å². The van der Waals surface area contributed by atoms with Crippen LogP contribution >= 0.6 is 0 Å². The van der Waals surface area contributed by atoms with Gasteiger partial charge in [0.1, 0.15) is 5.82 Å². The number of aromatic nitrogens is 3. The molecule has 2 rings (SSSR count). The maximum Gasteiger partial charge on any atom is 0.160 e. The van der Waals surface area contributed by atoms with E-state index in [1.165, 1.54) is 0 Å². The standard InChI is InChI=1S/C11H15N3/c1-8(2)9(3)11-13-12-10-6-4-5-7-14(10)11/h4-9H,1-3H3. The van der Waals surface area contributed by atoms with E-state index in [4.69, 9.17) is 0 Å². The third kappa shape index (κ3) is 1.39. The second kappa shape index (κ2) is 3.40. The topological polar surface area (TPSA) is 30.2 Å². The molecule has 74 valence electrons. The molecule has 2 aromatic rings. The van der Waals surface area contributed by atoms with E-state index in [0.29, 0.717) is 11.8 Å². The van der Waals surface area contributed by atoms with E-state index in [1.807, 2.05) is 24.4 Å². The third-order valence-electron chi connectivity index (χ3n) is 2.75. The second-order valence-corrected chi connectivity index (χ2v) is 4.02. The van der Waals surface area contributed by atoms with Crippen molar-refractivity contribution < 1.29 is 0 Å². The Morgan fingerprint density at radius 1 is 1.14 bits per heavy atom. The molecule has 0 bridgehead atoms. The average Bonchev–Trinajstić information content (AvgIpc) is 2.60. The Balaban J connectivity index is 2.53. The van der Waals surface area contributed by atoms with Gasteiger partial charge in [-0.15, -0.1) is 10.2 Å². The molecule has 0 N–H and O–H groups in total. The zero-order chi connectivity index (χ0) is 10.1. The molecule has 0 amide bonds. The fraction of sp³-hybridized carbons (Fsp3) is 0.455. The summed E-state index contributed by atoms with van der Waals surface area (Å²) in [5.41, 5.74) is 0.926. The Morgan fingerprint density at radius 2 is 1.93 bits per heavy atom. The Morgan fingerprint density at radius 3 is 2.64 bits per heavy atom. The van der Waals surface area contributed by atoms with Crippen molar-refractivity contribution in [3.05, 3.63) is 30.2 Å². The van der Waals surface area contributed by atoms with E-state index in [-0.39, 0.29) is 0 Å². The summed E-state index contributed by atoms with van der Waals surface area (Å²) >= 11 is 0. The predicted octanol–water partition coefficient (Wildman–Crippen LogP) is 2.49. The predicted molar refractivity (Wildman–Crippen MR) is 56.2 cm³/mol. The van der Waals surface area contributed by atoms with Gasteiger partial charge >= 0.3 is 0 Å². The van der Waals surface area contributed by atoms with E-state index >= 15 is 0 Å². The summed E-state index contributed by atoms with van der Waals surface area (Å²) in [7, 11) is 0. The van der Waals surface area contributed by atoms with Crippen molar-refractivity contribution in [2.75, 3.05) is 0 Å². The second-order valence-electron chi connectivity index (χ2n) is 4.02.